The van der Waals surface area contributed by atoms with Crippen LogP contribution in [0.25, 0.3) is 0 Å². The Morgan fingerprint density at radius 3 is 3.00 bits per heavy atom. The lowest BCUT2D eigenvalue weighted by Gasteiger charge is -2.10. The molecule has 21 heavy (non-hydrogen) atoms. The van der Waals surface area contributed by atoms with Crippen molar-refractivity contribution in [2.45, 2.75) is 13.5 Å². The van der Waals surface area contributed by atoms with E-state index >= 15 is 0 Å². The zero-order chi connectivity index (χ0) is 15.2. The predicted molar refractivity (Wildman–Crippen MR) is 80.7 cm³/mol. The van der Waals surface area contributed by atoms with Crippen LogP contribution < -0.4 is 10.1 Å². The van der Waals surface area contributed by atoms with E-state index in [2.05, 4.69) is 26.2 Å². The second kappa shape index (κ2) is 7.17. The highest BCUT2D eigenvalue weighted by molar-refractivity contribution is 9.10. The first-order chi connectivity index (χ1) is 10.1. The molecule has 0 atom stereocenters. The van der Waals surface area contributed by atoms with Crippen LogP contribution in [0.3, 0.4) is 0 Å². The normalized spacial score (nSPS) is 10.2. The van der Waals surface area contributed by atoms with E-state index in [0.29, 0.717) is 17.0 Å². The van der Waals surface area contributed by atoms with Gasteiger partial charge in [0.1, 0.15) is 5.82 Å². The Balaban J connectivity index is 2.09. The highest BCUT2D eigenvalue weighted by Gasteiger charge is 2.13. The van der Waals surface area contributed by atoms with Gasteiger partial charge < -0.3 is 10.1 Å². The summed E-state index contributed by atoms with van der Waals surface area (Å²) in [5, 5.41) is 2.66. The zero-order valence-electron chi connectivity index (χ0n) is 11.4. The molecule has 0 radical (unpaired) electrons. The number of carbonyl (C=O) groups is 1. The molecule has 0 saturated heterocycles. The topological polar surface area (TPSA) is 51.2 Å². The van der Waals surface area contributed by atoms with Crippen molar-refractivity contribution in [3.05, 3.63) is 57.9 Å². The summed E-state index contributed by atoms with van der Waals surface area (Å²) in [5.41, 5.74) is 0.731. The molecule has 2 rings (SSSR count). The Morgan fingerprint density at radius 1 is 1.43 bits per heavy atom. The number of aromatic nitrogens is 1. The number of carbonyl (C=O) groups excluding carboxylic acids is 1. The Kier molecular flexibility index (Phi) is 5.27. The number of nitrogens with zero attached hydrogens (tertiary/aromatic N) is 1. The molecule has 0 bridgehead atoms. The monoisotopic (exact) mass is 352 g/mol. The van der Waals surface area contributed by atoms with Crippen LogP contribution in [-0.2, 0) is 6.54 Å². The van der Waals surface area contributed by atoms with E-state index in [9.17, 15) is 9.18 Å². The Morgan fingerprint density at radius 2 is 2.24 bits per heavy atom. The highest BCUT2D eigenvalue weighted by Crippen LogP contribution is 2.17. The SMILES string of the molecule is CCOc1ncccc1CNC(=O)c1cc(Br)ccc1F. The molecule has 0 aliphatic rings. The van der Waals surface area contributed by atoms with Gasteiger partial charge in [-0.2, -0.15) is 0 Å². The predicted octanol–water partition coefficient (Wildman–Crippen LogP) is 3.31. The van der Waals surface area contributed by atoms with Gasteiger partial charge in [0, 0.05) is 22.8 Å². The lowest BCUT2D eigenvalue weighted by Crippen LogP contribution is -2.24. The number of rotatable bonds is 5. The van der Waals surface area contributed by atoms with Gasteiger partial charge in [-0.3, -0.25) is 4.79 Å². The summed E-state index contributed by atoms with van der Waals surface area (Å²) in [6, 6.07) is 7.78. The number of halogens is 2. The summed E-state index contributed by atoms with van der Waals surface area (Å²) in [6.07, 6.45) is 1.62. The second-order valence-corrected chi connectivity index (χ2v) is 5.12. The minimum Gasteiger partial charge on any atom is -0.478 e. The Bertz CT molecular complexity index is 649. The molecule has 1 amide bonds. The molecule has 2 aromatic rings. The Labute approximate surface area is 130 Å². The van der Waals surface area contributed by atoms with Crippen molar-refractivity contribution >= 4 is 21.8 Å². The number of hydrogen-bond donors (Lipinski definition) is 1. The molecule has 0 fully saturated rings. The summed E-state index contributed by atoms with van der Waals surface area (Å²) in [4.78, 5) is 16.1. The second-order valence-electron chi connectivity index (χ2n) is 4.21. The molecule has 110 valence electrons. The summed E-state index contributed by atoms with van der Waals surface area (Å²) in [7, 11) is 0. The number of pyridine rings is 1. The third kappa shape index (κ3) is 4.01. The van der Waals surface area contributed by atoms with Crippen LogP contribution in [0.15, 0.2) is 41.0 Å². The fourth-order valence-corrected chi connectivity index (χ4v) is 2.13. The van der Waals surface area contributed by atoms with Crippen molar-refractivity contribution in [2.75, 3.05) is 6.61 Å². The van der Waals surface area contributed by atoms with Gasteiger partial charge >= 0.3 is 0 Å². The minimum atomic E-state index is -0.563. The largest absolute Gasteiger partial charge is 0.478 e. The van der Waals surface area contributed by atoms with E-state index in [1.807, 2.05) is 6.92 Å². The first kappa shape index (κ1) is 15.4. The smallest absolute Gasteiger partial charge is 0.254 e. The third-order valence-corrected chi connectivity index (χ3v) is 3.24. The van der Waals surface area contributed by atoms with E-state index in [0.717, 1.165) is 5.56 Å². The van der Waals surface area contributed by atoms with E-state index in [1.54, 1.807) is 24.4 Å². The van der Waals surface area contributed by atoms with Crippen LogP contribution in [0.1, 0.15) is 22.8 Å². The number of ether oxygens (including phenoxy) is 1. The van der Waals surface area contributed by atoms with Crippen LogP contribution in [0, 0.1) is 5.82 Å². The van der Waals surface area contributed by atoms with Crippen molar-refractivity contribution in [3.8, 4) is 5.88 Å². The fourth-order valence-electron chi connectivity index (χ4n) is 1.77. The minimum absolute atomic E-state index is 0.00812. The number of amides is 1. The van der Waals surface area contributed by atoms with Crippen molar-refractivity contribution in [2.24, 2.45) is 0 Å². The number of nitrogens with one attached hydrogen (secondary N) is 1. The van der Waals surface area contributed by atoms with Crippen LogP contribution in [0.2, 0.25) is 0 Å². The molecule has 0 spiro atoms. The van der Waals surface area contributed by atoms with Gasteiger partial charge in [0.05, 0.1) is 12.2 Å². The van der Waals surface area contributed by atoms with Crippen LogP contribution in [-0.4, -0.2) is 17.5 Å². The molecular formula is C15H14BrFN2O2. The first-order valence-electron chi connectivity index (χ1n) is 6.41. The molecule has 0 saturated carbocycles. The van der Waals surface area contributed by atoms with Crippen molar-refractivity contribution in [3.63, 3.8) is 0 Å². The van der Waals surface area contributed by atoms with E-state index in [-0.39, 0.29) is 12.1 Å². The molecule has 1 N–H and O–H groups in total. The van der Waals surface area contributed by atoms with E-state index < -0.39 is 11.7 Å². The lowest BCUT2D eigenvalue weighted by atomic mass is 10.2. The fraction of sp³-hybridized carbons (Fsp3) is 0.200. The highest BCUT2D eigenvalue weighted by atomic mass is 79.9. The molecule has 0 unspecified atom stereocenters. The van der Waals surface area contributed by atoms with Gasteiger partial charge in [-0.1, -0.05) is 22.0 Å². The van der Waals surface area contributed by atoms with Gasteiger partial charge in [-0.25, -0.2) is 9.37 Å². The van der Waals surface area contributed by atoms with Gasteiger partial charge in [0.2, 0.25) is 5.88 Å². The number of hydrogen-bond acceptors (Lipinski definition) is 3. The maximum atomic E-state index is 13.6. The molecule has 0 aliphatic heterocycles. The van der Waals surface area contributed by atoms with Crippen molar-refractivity contribution in [1.82, 2.24) is 10.3 Å². The maximum absolute atomic E-state index is 13.6. The van der Waals surface area contributed by atoms with Gasteiger partial charge in [-0.05, 0) is 31.2 Å². The van der Waals surface area contributed by atoms with Crippen LogP contribution in [0.5, 0.6) is 5.88 Å². The molecule has 1 aromatic carbocycles. The summed E-state index contributed by atoms with van der Waals surface area (Å²) in [6.45, 7) is 2.56. The van der Waals surface area contributed by atoms with Crippen molar-refractivity contribution < 1.29 is 13.9 Å². The quantitative estimate of drug-likeness (QED) is 0.897. The zero-order valence-corrected chi connectivity index (χ0v) is 13.0. The maximum Gasteiger partial charge on any atom is 0.254 e. The molecule has 1 aromatic heterocycles. The number of benzene rings is 1. The average molecular weight is 353 g/mol. The standard InChI is InChI=1S/C15H14BrFN2O2/c1-2-21-15-10(4-3-7-18-15)9-19-14(20)12-8-11(16)5-6-13(12)17/h3-8H,2,9H2,1H3,(H,19,20). The van der Waals surface area contributed by atoms with Gasteiger partial charge in [0.15, 0.2) is 0 Å². The molecule has 6 heteroatoms. The molecule has 1 heterocycles. The Hall–Kier alpha value is -1.95. The average Bonchev–Trinajstić information content (AvgIpc) is 2.49. The van der Waals surface area contributed by atoms with Crippen molar-refractivity contribution in [1.29, 1.82) is 0 Å². The van der Waals surface area contributed by atoms with Gasteiger partial charge in [-0.15, -0.1) is 0 Å². The van der Waals surface area contributed by atoms with Crippen LogP contribution >= 0.6 is 15.9 Å². The molecule has 4 nitrogen and oxygen atoms in total. The van der Waals surface area contributed by atoms with E-state index in [1.165, 1.54) is 12.1 Å². The third-order valence-electron chi connectivity index (χ3n) is 2.74. The lowest BCUT2D eigenvalue weighted by molar-refractivity contribution is 0.0946. The van der Waals surface area contributed by atoms with Gasteiger partial charge in [0.25, 0.3) is 5.91 Å². The first-order valence-corrected chi connectivity index (χ1v) is 7.21. The molecular weight excluding hydrogens is 339 g/mol. The molecule has 0 aliphatic carbocycles. The van der Waals surface area contributed by atoms with Crippen LogP contribution in [0.4, 0.5) is 4.39 Å². The summed E-state index contributed by atoms with van der Waals surface area (Å²) >= 11 is 3.22. The van der Waals surface area contributed by atoms with E-state index in [4.69, 9.17) is 4.74 Å². The summed E-state index contributed by atoms with van der Waals surface area (Å²) < 4.78 is 19.6. The summed E-state index contributed by atoms with van der Waals surface area (Å²) in [5.74, 6) is -0.581.